The number of hydrogen-bond acceptors (Lipinski definition) is 4. The molecule has 1 aliphatic heterocycles. The molecule has 1 amide bonds. The number of carbonyl (C=O) groups is 1. The van der Waals surface area contributed by atoms with Crippen molar-refractivity contribution in [1.82, 2.24) is 10.6 Å². The van der Waals surface area contributed by atoms with E-state index in [1.54, 1.807) is 0 Å². The van der Waals surface area contributed by atoms with Crippen molar-refractivity contribution in [3.8, 4) is 6.07 Å². The zero-order chi connectivity index (χ0) is 12.3. The summed E-state index contributed by atoms with van der Waals surface area (Å²) >= 11 is 1.49. The van der Waals surface area contributed by atoms with Crippen LogP contribution in [-0.2, 0) is 4.79 Å². The van der Waals surface area contributed by atoms with Crippen LogP contribution in [0, 0.1) is 17.2 Å². The molecule has 5 heteroatoms. The van der Waals surface area contributed by atoms with Gasteiger partial charge in [-0.05, 0) is 11.8 Å². The maximum Gasteiger partial charge on any atom is 0.241 e. The fourth-order valence-corrected chi connectivity index (χ4v) is 2.56. The molecule has 0 aromatic heterocycles. The Morgan fingerprint density at radius 2 is 2.06 bits per heavy atom. The Balaban J connectivity index is 2.19. The van der Waals surface area contributed by atoms with Gasteiger partial charge in [0.2, 0.25) is 5.91 Å². The van der Waals surface area contributed by atoms with Crippen LogP contribution in [0.2, 0.25) is 0 Å². The lowest BCUT2D eigenvalue weighted by molar-refractivity contribution is -0.126. The van der Waals surface area contributed by atoms with Gasteiger partial charge >= 0.3 is 0 Å². The molecule has 2 N–H and O–H groups in total. The average Bonchev–Trinajstić information content (AvgIpc) is 2.38. The van der Waals surface area contributed by atoms with Gasteiger partial charge in [0.1, 0.15) is 12.1 Å². The molecule has 1 fully saturated rings. The Labute approximate surface area is 104 Å². The predicted octanol–water partition coefficient (Wildman–Crippen LogP) is 1.23. The van der Waals surface area contributed by atoms with Gasteiger partial charge in [-0.25, -0.2) is 0 Å². The van der Waals surface area contributed by atoms with E-state index in [1.807, 2.05) is 42.7 Å². The van der Waals surface area contributed by atoms with Gasteiger partial charge < -0.3 is 5.32 Å². The lowest BCUT2D eigenvalue weighted by atomic mass is 10.0. The third-order valence-corrected chi connectivity index (χ3v) is 3.64. The Kier molecular flexibility index (Phi) is 3.67. The third kappa shape index (κ3) is 2.43. The van der Waals surface area contributed by atoms with Crippen LogP contribution in [0.3, 0.4) is 0 Å². The first-order valence-corrected chi connectivity index (χ1v) is 6.59. The third-order valence-electron chi connectivity index (χ3n) is 2.73. The quantitative estimate of drug-likeness (QED) is 0.825. The smallest absolute Gasteiger partial charge is 0.241 e. The van der Waals surface area contributed by atoms with Crippen molar-refractivity contribution in [3.05, 3.63) is 35.9 Å². The standard InChI is InChI=1S/C12H13N3OS/c1-17-12-9(7-13)11(16)14-10(15-12)8-5-3-2-4-6-8/h2-6,9-10,12,15H,1H3,(H,14,16). The minimum absolute atomic E-state index is 0.168. The first-order valence-electron chi connectivity index (χ1n) is 5.30. The normalized spacial score (nSPS) is 28.2. The molecule has 1 saturated heterocycles. The van der Waals surface area contributed by atoms with Crippen LogP contribution in [-0.4, -0.2) is 17.5 Å². The van der Waals surface area contributed by atoms with Crippen LogP contribution in [0.15, 0.2) is 30.3 Å². The molecule has 1 aliphatic rings. The number of amides is 1. The van der Waals surface area contributed by atoms with Crippen molar-refractivity contribution in [2.24, 2.45) is 5.92 Å². The highest BCUT2D eigenvalue weighted by atomic mass is 32.2. The topological polar surface area (TPSA) is 64.9 Å². The molecular weight excluding hydrogens is 234 g/mol. The van der Waals surface area contributed by atoms with Crippen molar-refractivity contribution in [2.45, 2.75) is 11.5 Å². The number of nitrogens with one attached hydrogen (secondary N) is 2. The van der Waals surface area contributed by atoms with Gasteiger partial charge in [-0.15, -0.1) is 11.8 Å². The van der Waals surface area contributed by atoms with E-state index < -0.39 is 5.92 Å². The van der Waals surface area contributed by atoms with Crippen molar-refractivity contribution >= 4 is 17.7 Å². The molecule has 1 aromatic rings. The van der Waals surface area contributed by atoms with Gasteiger partial charge in [0.05, 0.1) is 11.4 Å². The van der Waals surface area contributed by atoms with Gasteiger partial charge in [0.15, 0.2) is 0 Å². The van der Waals surface area contributed by atoms with Crippen molar-refractivity contribution in [2.75, 3.05) is 6.26 Å². The molecule has 3 atom stereocenters. The Morgan fingerprint density at radius 3 is 2.65 bits per heavy atom. The molecule has 88 valence electrons. The van der Waals surface area contributed by atoms with Crippen molar-refractivity contribution in [1.29, 1.82) is 5.26 Å². The first-order chi connectivity index (χ1) is 8.26. The van der Waals surface area contributed by atoms with Crippen molar-refractivity contribution < 1.29 is 4.79 Å². The number of carbonyl (C=O) groups excluding carboxylic acids is 1. The molecule has 2 rings (SSSR count). The second-order valence-electron chi connectivity index (χ2n) is 3.78. The summed E-state index contributed by atoms with van der Waals surface area (Å²) in [5.41, 5.74) is 0.997. The van der Waals surface area contributed by atoms with Crippen LogP contribution >= 0.6 is 11.8 Å². The van der Waals surface area contributed by atoms with Gasteiger partial charge in [0, 0.05) is 0 Å². The summed E-state index contributed by atoms with van der Waals surface area (Å²) in [6.07, 6.45) is 1.67. The summed E-state index contributed by atoms with van der Waals surface area (Å²) in [5, 5.41) is 14.9. The molecule has 0 bridgehead atoms. The van der Waals surface area contributed by atoms with Gasteiger partial charge in [-0.3, -0.25) is 10.1 Å². The maximum atomic E-state index is 11.8. The number of hydrogen-bond donors (Lipinski definition) is 2. The van der Waals surface area contributed by atoms with Crippen LogP contribution in [0.5, 0.6) is 0 Å². The Morgan fingerprint density at radius 1 is 1.35 bits per heavy atom. The second-order valence-corrected chi connectivity index (χ2v) is 4.76. The van der Waals surface area contributed by atoms with Crippen LogP contribution in [0.25, 0.3) is 0 Å². The summed E-state index contributed by atoms with van der Waals surface area (Å²) in [5.74, 6) is -0.843. The van der Waals surface area contributed by atoms with E-state index in [2.05, 4.69) is 10.6 Å². The minimum Gasteiger partial charge on any atom is -0.335 e. The summed E-state index contributed by atoms with van der Waals surface area (Å²) < 4.78 is 0. The highest BCUT2D eigenvalue weighted by Crippen LogP contribution is 2.24. The zero-order valence-electron chi connectivity index (χ0n) is 9.38. The first kappa shape index (κ1) is 12.0. The molecule has 0 aliphatic carbocycles. The lowest BCUT2D eigenvalue weighted by Gasteiger charge is -2.33. The van der Waals surface area contributed by atoms with Crippen molar-refractivity contribution in [3.63, 3.8) is 0 Å². The number of rotatable bonds is 2. The molecule has 3 unspecified atom stereocenters. The predicted molar refractivity (Wildman–Crippen MR) is 66.9 cm³/mol. The minimum atomic E-state index is -0.634. The molecule has 0 saturated carbocycles. The number of nitriles is 1. The van der Waals surface area contributed by atoms with E-state index in [1.165, 1.54) is 11.8 Å². The van der Waals surface area contributed by atoms with Crippen LogP contribution in [0.4, 0.5) is 0 Å². The molecule has 4 nitrogen and oxygen atoms in total. The fraction of sp³-hybridized carbons (Fsp3) is 0.333. The fourth-order valence-electron chi connectivity index (χ4n) is 1.83. The summed E-state index contributed by atoms with van der Waals surface area (Å²) in [6.45, 7) is 0. The van der Waals surface area contributed by atoms with Crippen LogP contribution in [0.1, 0.15) is 11.7 Å². The molecule has 17 heavy (non-hydrogen) atoms. The van der Waals surface area contributed by atoms with E-state index in [-0.39, 0.29) is 17.4 Å². The van der Waals surface area contributed by atoms with Crippen LogP contribution < -0.4 is 10.6 Å². The lowest BCUT2D eigenvalue weighted by Crippen LogP contribution is -2.54. The molecule has 1 aromatic carbocycles. The largest absolute Gasteiger partial charge is 0.335 e. The Hall–Kier alpha value is -1.51. The molecular formula is C12H13N3OS. The van der Waals surface area contributed by atoms with E-state index in [9.17, 15) is 4.79 Å². The maximum absolute atomic E-state index is 11.8. The highest BCUT2D eigenvalue weighted by molar-refractivity contribution is 7.99. The van der Waals surface area contributed by atoms with E-state index >= 15 is 0 Å². The molecule has 0 spiro atoms. The zero-order valence-corrected chi connectivity index (χ0v) is 10.2. The summed E-state index contributed by atoms with van der Waals surface area (Å²) in [6, 6.07) is 11.7. The SMILES string of the molecule is CSC1NC(c2ccccc2)NC(=O)C1C#N. The molecule has 1 heterocycles. The summed E-state index contributed by atoms with van der Waals surface area (Å²) in [4.78, 5) is 11.8. The van der Waals surface area contributed by atoms with E-state index in [0.717, 1.165) is 5.56 Å². The van der Waals surface area contributed by atoms with E-state index in [4.69, 9.17) is 5.26 Å². The number of benzene rings is 1. The summed E-state index contributed by atoms with van der Waals surface area (Å²) in [7, 11) is 0. The van der Waals surface area contributed by atoms with Gasteiger partial charge in [-0.2, -0.15) is 5.26 Å². The second kappa shape index (κ2) is 5.21. The average molecular weight is 247 g/mol. The number of nitrogens with zero attached hydrogens (tertiary/aromatic N) is 1. The van der Waals surface area contributed by atoms with Gasteiger partial charge in [-0.1, -0.05) is 30.3 Å². The van der Waals surface area contributed by atoms with Gasteiger partial charge in [0.25, 0.3) is 0 Å². The highest BCUT2D eigenvalue weighted by Gasteiger charge is 2.36. The van der Waals surface area contributed by atoms with E-state index in [0.29, 0.717) is 0 Å². The monoisotopic (exact) mass is 247 g/mol. The molecule has 0 radical (unpaired) electrons. The number of thioether (sulfide) groups is 1. The Bertz CT molecular complexity index is 443.